The molecule has 0 saturated heterocycles. The predicted octanol–water partition coefficient (Wildman–Crippen LogP) is 0.755. The smallest absolute Gasteiger partial charge is 0.220 e. The second kappa shape index (κ2) is 4.07. The van der Waals surface area contributed by atoms with Crippen molar-refractivity contribution >= 4 is 5.91 Å². The molecule has 0 bridgehead atoms. The molecule has 1 aromatic heterocycles. The molecule has 4 nitrogen and oxygen atoms in total. The van der Waals surface area contributed by atoms with Gasteiger partial charge >= 0.3 is 0 Å². The Labute approximate surface area is 78.0 Å². The first-order valence-electron chi connectivity index (χ1n) is 4.39. The summed E-state index contributed by atoms with van der Waals surface area (Å²) in [5.74, 6) is 1.03. The maximum absolute atomic E-state index is 11.0. The summed E-state index contributed by atoms with van der Waals surface area (Å²) in [7, 11) is 1.94. The molecule has 0 aliphatic carbocycles. The van der Waals surface area contributed by atoms with Gasteiger partial charge in [-0.1, -0.05) is 6.92 Å². The van der Waals surface area contributed by atoms with E-state index >= 15 is 0 Å². The maximum atomic E-state index is 11.0. The van der Waals surface area contributed by atoms with Crippen LogP contribution in [0, 0.1) is 6.92 Å². The van der Waals surface area contributed by atoms with Gasteiger partial charge in [0.2, 0.25) is 5.91 Å². The number of rotatable bonds is 3. The van der Waals surface area contributed by atoms with Crippen molar-refractivity contribution in [3.05, 3.63) is 17.7 Å². The first kappa shape index (κ1) is 9.77. The number of amides is 1. The number of carbonyl (C=O) groups is 1. The molecule has 0 atom stereocenters. The molecule has 0 fully saturated rings. The van der Waals surface area contributed by atoms with Crippen LogP contribution in [0.1, 0.15) is 24.9 Å². The third kappa shape index (κ3) is 2.31. The lowest BCUT2D eigenvalue weighted by Gasteiger charge is -2.04. The Hall–Kier alpha value is -1.32. The first-order valence-corrected chi connectivity index (χ1v) is 4.39. The SMILES string of the molecule is CCC(=O)NCc1cnc(C)n1C. The van der Waals surface area contributed by atoms with Crippen molar-refractivity contribution in [2.24, 2.45) is 7.05 Å². The van der Waals surface area contributed by atoms with Gasteiger partial charge in [0.1, 0.15) is 5.82 Å². The van der Waals surface area contributed by atoms with Crippen molar-refractivity contribution in [2.75, 3.05) is 0 Å². The number of hydrogen-bond donors (Lipinski definition) is 1. The van der Waals surface area contributed by atoms with Gasteiger partial charge in [0.05, 0.1) is 18.4 Å². The van der Waals surface area contributed by atoms with Gasteiger partial charge in [-0.15, -0.1) is 0 Å². The molecule has 1 rings (SSSR count). The summed E-state index contributed by atoms with van der Waals surface area (Å²) < 4.78 is 1.97. The van der Waals surface area contributed by atoms with Crippen LogP contribution in [-0.4, -0.2) is 15.5 Å². The summed E-state index contributed by atoms with van der Waals surface area (Å²) >= 11 is 0. The molecule has 0 radical (unpaired) electrons. The Kier molecular flexibility index (Phi) is 3.06. The Morgan fingerprint density at radius 3 is 2.85 bits per heavy atom. The van der Waals surface area contributed by atoms with Crippen LogP contribution in [0.4, 0.5) is 0 Å². The number of nitrogens with zero attached hydrogens (tertiary/aromatic N) is 2. The highest BCUT2D eigenvalue weighted by molar-refractivity contribution is 5.75. The van der Waals surface area contributed by atoms with Gasteiger partial charge in [-0.05, 0) is 6.92 Å². The van der Waals surface area contributed by atoms with Crippen LogP contribution >= 0.6 is 0 Å². The van der Waals surface area contributed by atoms with E-state index in [9.17, 15) is 4.79 Å². The molecule has 0 unspecified atom stereocenters. The van der Waals surface area contributed by atoms with Crippen molar-refractivity contribution in [1.29, 1.82) is 0 Å². The van der Waals surface area contributed by atoms with Crippen LogP contribution in [-0.2, 0) is 18.4 Å². The molecule has 0 saturated carbocycles. The summed E-state index contributed by atoms with van der Waals surface area (Å²) in [6.45, 7) is 4.33. The second-order valence-corrected chi connectivity index (χ2v) is 2.99. The average molecular weight is 181 g/mol. The molecule has 0 spiro atoms. The lowest BCUT2D eigenvalue weighted by atomic mass is 10.4. The Bertz CT molecular complexity index is 304. The minimum atomic E-state index is 0.0684. The highest BCUT2D eigenvalue weighted by atomic mass is 16.1. The van der Waals surface area contributed by atoms with Crippen LogP contribution in [0.2, 0.25) is 0 Å². The maximum Gasteiger partial charge on any atom is 0.220 e. The summed E-state index contributed by atoms with van der Waals surface area (Å²) in [5.41, 5.74) is 1.03. The van der Waals surface area contributed by atoms with Crippen molar-refractivity contribution in [2.45, 2.75) is 26.8 Å². The van der Waals surface area contributed by atoms with Crippen LogP contribution in [0.5, 0.6) is 0 Å². The Morgan fingerprint density at radius 1 is 1.69 bits per heavy atom. The Balaban J connectivity index is 2.55. The topological polar surface area (TPSA) is 46.9 Å². The number of carbonyl (C=O) groups excluding carboxylic acids is 1. The van der Waals surface area contributed by atoms with E-state index in [0.29, 0.717) is 13.0 Å². The lowest BCUT2D eigenvalue weighted by Crippen LogP contribution is -2.22. The van der Waals surface area contributed by atoms with Crippen LogP contribution in [0.3, 0.4) is 0 Å². The third-order valence-corrected chi connectivity index (χ3v) is 2.10. The average Bonchev–Trinajstić information content (AvgIpc) is 2.44. The molecule has 1 N–H and O–H groups in total. The minimum absolute atomic E-state index is 0.0684. The van der Waals surface area contributed by atoms with Gasteiger partial charge in [0, 0.05) is 13.5 Å². The predicted molar refractivity (Wildman–Crippen MR) is 50.1 cm³/mol. The fraction of sp³-hybridized carbons (Fsp3) is 0.556. The largest absolute Gasteiger partial charge is 0.350 e. The molecule has 1 aromatic rings. The molecule has 4 heteroatoms. The highest BCUT2D eigenvalue weighted by Crippen LogP contribution is 2.00. The quantitative estimate of drug-likeness (QED) is 0.748. The van der Waals surface area contributed by atoms with Crippen molar-refractivity contribution in [1.82, 2.24) is 14.9 Å². The summed E-state index contributed by atoms with van der Waals surface area (Å²) in [5, 5.41) is 2.80. The minimum Gasteiger partial charge on any atom is -0.350 e. The summed E-state index contributed by atoms with van der Waals surface area (Å²) in [6, 6.07) is 0. The van der Waals surface area contributed by atoms with Crippen molar-refractivity contribution < 1.29 is 4.79 Å². The van der Waals surface area contributed by atoms with E-state index < -0.39 is 0 Å². The van der Waals surface area contributed by atoms with Gasteiger partial charge in [0.15, 0.2) is 0 Å². The molecular formula is C9H15N3O. The van der Waals surface area contributed by atoms with E-state index in [2.05, 4.69) is 10.3 Å². The van der Waals surface area contributed by atoms with Crippen LogP contribution < -0.4 is 5.32 Å². The molecule has 0 aliphatic heterocycles. The van der Waals surface area contributed by atoms with E-state index in [1.165, 1.54) is 0 Å². The number of imidazole rings is 1. The molecule has 0 aliphatic rings. The normalized spacial score (nSPS) is 10.1. The van der Waals surface area contributed by atoms with Crippen LogP contribution in [0.25, 0.3) is 0 Å². The van der Waals surface area contributed by atoms with E-state index in [1.807, 2.05) is 25.5 Å². The van der Waals surface area contributed by atoms with Gasteiger partial charge < -0.3 is 9.88 Å². The highest BCUT2D eigenvalue weighted by Gasteiger charge is 2.03. The van der Waals surface area contributed by atoms with Crippen LogP contribution in [0.15, 0.2) is 6.20 Å². The monoisotopic (exact) mass is 181 g/mol. The molecule has 72 valence electrons. The fourth-order valence-corrected chi connectivity index (χ4v) is 1.03. The lowest BCUT2D eigenvalue weighted by molar-refractivity contribution is -0.120. The molecule has 1 heterocycles. The third-order valence-electron chi connectivity index (χ3n) is 2.10. The van der Waals surface area contributed by atoms with E-state index in [-0.39, 0.29) is 5.91 Å². The van der Waals surface area contributed by atoms with E-state index in [0.717, 1.165) is 11.5 Å². The van der Waals surface area contributed by atoms with Gasteiger partial charge in [-0.2, -0.15) is 0 Å². The van der Waals surface area contributed by atoms with Crippen molar-refractivity contribution in [3.8, 4) is 0 Å². The molecule has 0 aromatic carbocycles. The molecule has 13 heavy (non-hydrogen) atoms. The Morgan fingerprint density at radius 2 is 2.38 bits per heavy atom. The summed E-state index contributed by atoms with van der Waals surface area (Å²) in [4.78, 5) is 15.1. The first-order chi connectivity index (χ1) is 6.15. The number of nitrogens with one attached hydrogen (secondary N) is 1. The van der Waals surface area contributed by atoms with Gasteiger partial charge in [0.25, 0.3) is 0 Å². The summed E-state index contributed by atoms with van der Waals surface area (Å²) in [6.07, 6.45) is 2.31. The fourth-order valence-electron chi connectivity index (χ4n) is 1.03. The number of aryl methyl sites for hydroxylation is 1. The standard InChI is InChI=1S/C9H15N3O/c1-4-9(13)11-6-8-5-10-7(2)12(8)3/h5H,4,6H2,1-3H3,(H,11,13). The number of aromatic nitrogens is 2. The van der Waals surface area contributed by atoms with E-state index in [1.54, 1.807) is 6.20 Å². The van der Waals surface area contributed by atoms with Crippen molar-refractivity contribution in [3.63, 3.8) is 0 Å². The zero-order valence-electron chi connectivity index (χ0n) is 8.29. The van der Waals surface area contributed by atoms with E-state index in [4.69, 9.17) is 0 Å². The zero-order valence-corrected chi connectivity index (χ0v) is 8.29. The second-order valence-electron chi connectivity index (χ2n) is 2.99. The number of hydrogen-bond acceptors (Lipinski definition) is 2. The van der Waals surface area contributed by atoms with Gasteiger partial charge in [-0.3, -0.25) is 4.79 Å². The molecule has 1 amide bonds. The van der Waals surface area contributed by atoms with Gasteiger partial charge in [-0.25, -0.2) is 4.98 Å². The molecular weight excluding hydrogens is 166 g/mol. The zero-order chi connectivity index (χ0) is 9.84.